The van der Waals surface area contributed by atoms with E-state index in [2.05, 4.69) is 77.3 Å². The van der Waals surface area contributed by atoms with Gasteiger partial charge in [-0.2, -0.15) is 0 Å². The Morgan fingerprint density at radius 3 is 2.32 bits per heavy atom. The van der Waals surface area contributed by atoms with Gasteiger partial charge in [0.15, 0.2) is 11.0 Å². The first-order chi connectivity index (χ1) is 13.4. The van der Waals surface area contributed by atoms with Crippen molar-refractivity contribution in [3.05, 3.63) is 65.7 Å². The highest BCUT2D eigenvalue weighted by molar-refractivity contribution is 7.99. The van der Waals surface area contributed by atoms with Gasteiger partial charge in [-0.3, -0.25) is 9.36 Å². The third-order valence-electron chi connectivity index (χ3n) is 4.52. The van der Waals surface area contributed by atoms with E-state index in [1.54, 1.807) is 7.05 Å². The SMILES string of the molecule is CNC(=O)CSc1nnc(-c2ccc(C(C)(C)C)cc2)n1Cc1ccccc1. The highest BCUT2D eigenvalue weighted by Gasteiger charge is 2.18. The predicted octanol–water partition coefficient (Wildman–Crippen LogP) is 4.13. The summed E-state index contributed by atoms with van der Waals surface area (Å²) in [6.07, 6.45) is 0. The molecule has 6 heteroatoms. The molecule has 0 spiro atoms. The molecule has 0 saturated carbocycles. The molecule has 0 aliphatic heterocycles. The third-order valence-corrected chi connectivity index (χ3v) is 5.49. The summed E-state index contributed by atoms with van der Waals surface area (Å²) in [5.74, 6) is 1.09. The number of rotatable bonds is 6. The summed E-state index contributed by atoms with van der Waals surface area (Å²) in [7, 11) is 1.64. The molecular formula is C22H26N4OS. The van der Waals surface area contributed by atoms with Gasteiger partial charge in [0.25, 0.3) is 0 Å². The van der Waals surface area contributed by atoms with Crippen LogP contribution in [0.4, 0.5) is 0 Å². The Kier molecular flexibility index (Phi) is 6.19. The third kappa shape index (κ3) is 4.81. The zero-order chi connectivity index (χ0) is 20.1. The molecular weight excluding hydrogens is 368 g/mol. The highest BCUT2D eigenvalue weighted by atomic mass is 32.2. The molecule has 28 heavy (non-hydrogen) atoms. The lowest BCUT2D eigenvalue weighted by atomic mass is 9.87. The minimum atomic E-state index is -0.0321. The van der Waals surface area contributed by atoms with Gasteiger partial charge in [-0.25, -0.2) is 0 Å². The first-order valence-corrected chi connectivity index (χ1v) is 10.3. The second-order valence-corrected chi connectivity index (χ2v) is 8.61. The number of amides is 1. The molecule has 0 unspecified atom stereocenters. The summed E-state index contributed by atoms with van der Waals surface area (Å²) >= 11 is 1.40. The molecule has 1 heterocycles. The van der Waals surface area contributed by atoms with Gasteiger partial charge in [0, 0.05) is 12.6 Å². The lowest BCUT2D eigenvalue weighted by Crippen LogP contribution is -2.20. The maximum Gasteiger partial charge on any atom is 0.230 e. The van der Waals surface area contributed by atoms with Gasteiger partial charge in [-0.05, 0) is 16.5 Å². The smallest absolute Gasteiger partial charge is 0.230 e. The van der Waals surface area contributed by atoms with Crippen LogP contribution in [-0.4, -0.2) is 33.5 Å². The van der Waals surface area contributed by atoms with Crippen molar-refractivity contribution in [3.8, 4) is 11.4 Å². The van der Waals surface area contributed by atoms with Crippen LogP contribution in [0.5, 0.6) is 0 Å². The van der Waals surface area contributed by atoms with Crippen LogP contribution in [0.2, 0.25) is 0 Å². The number of aromatic nitrogens is 3. The molecule has 0 aliphatic rings. The van der Waals surface area contributed by atoms with E-state index in [1.165, 1.54) is 17.3 Å². The van der Waals surface area contributed by atoms with Gasteiger partial charge in [-0.1, -0.05) is 87.1 Å². The first-order valence-electron chi connectivity index (χ1n) is 9.30. The van der Waals surface area contributed by atoms with Gasteiger partial charge in [0.2, 0.25) is 5.91 Å². The van der Waals surface area contributed by atoms with Crippen LogP contribution in [0.3, 0.4) is 0 Å². The van der Waals surface area contributed by atoms with E-state index >= 15 is 0 Å². The minimum Gasteiger partial charge on any atom is -0.358 e. The van der Waals surface area contributed by atoms with E-state index in [1.807, 2.05) is 18.2 Å². The molecule has 1 aromatic heterocycles. The monoisotopic (exact) mass is 394 g/mol. The van der Waals surface area contributed by atoms with Crippen LogP contribution in [0, 0.1) is 0 Å². The lowest BCUT2D eigenvalue weighted by molar-refractivity contribution is -0.118. The van der Waals surface area contributed by atoms with E-state index in [4.69, 9.17) is 0 Å². The van der Waals surface area contributed by atoms with Crippen molar-refractivity contribution in [2.75, 3.05) is 12.8 Å². The maximum atomic E-state index is 11.7. The second-order valence-electron chi connectivity index (χ2n) is 7.67. The van der Waals surface area contributed by atoms with Crippen molar-refractivity contribution in [2.45, 2.75) is 37.9 Å². The molecule has 0 fully saturated rings. The Bertz CT molecular complexity index is 927. The number of carbonyl (C=O) groups is 1. The van der Waals surface area contributed by atoms with Crippen molar-refractivity contribution in [3.63, 3.8) is 0 Å². The Labute approximate surface area is 170 Å². The van der Waals surface area contributed by atoms with E-state index < -0.39 is 0 Å². The Balaban J connectivity index is 1.95. The molecule has 1 N–H and O–H groups in total. The maximum absolute atomic E-state index is 11.7. The largest absolute Gasteiger partial charge is 0.358 e. The fourth-order valence-corrected chi connectivity index (χ4v) is 3.65. The van der Waals surface area contributed by atoms with E-state index in [-0.39, 0.29) is 11.3 Å². The number of carbonyl (C=O) groups excluding carboxylic acids is 1. The Hall–Kier alpha value is -2.60. The predicted molar refractivity (Wildman–Crippen MR) is 114 cm³/mol. The molecule has 0 radical (unpaired) electrons. The van der Waals surface area contributed by atoms with Gasteiger partial charge < -0.3 is 5.32 Å². The zero-order valence-electron chi connectivity index (χ0n) is 16.8. The number of nitrogens with zero attached hydrogens (tertiary/aromatic N) is 3. The van der Waals surface area contributed by atoms with Crippen LogP contribution in [-0.2, 0) is 16.8 Å². The molecule has 5 nitrogen and oxygen atoms in total. The second kappa shape index (κ2) is 8.61. The Morgan fingerprint density at radius 2 is 1.71 bits per heavy atom. The topological polar surface area (TPSA) is 59.8 Å². The van der Waals surface area contributed by atoms with Crippen molar-refractivity contribution >= 4 is 17.7 Å². The van der Waals surface area contributed by atoms with Gasteiger partial charge in [0.1, 0.15) is 0 Å². The van der Waals surface area contributed by atoms with Crippen molar-refractivity contribution < 1.29 is 4.79 Å². The molecule has 3 aromatic rings. The summed E-state index contributed by atoms with van der Waals surface area (Å²) in [5, 5.41) is 12.2. The van der Waals surface area contributed by atoms with Gasteiger partial charge >= 0.3 is 0 Å². The molecule has 0 atom stereocenters. The molecule has 0 bridgehead atoms. The molecule has 0 saturated heterocycles. The van der Waals surface area contributed by atoms with Crippen molar-refractivity contribution in [1.29, 1.82) is 0 Å². The summed E-state index contributed by atoms with van der Waals surface area (Å²) in [6.45, 7) is 7.26. The minimum absolute atomic E-state index is 0.0321. The van der Waals surface area contributed by atoms with Crippen LogP contribution in [0.1, 0.15) is 31.9 Å². The van der Waals surface area contributed by atoms with Crippen LogP contribution < -0.4 is 5.32 Å². The van der Waals surface area contributed by atoms with Crippen molar-refractivity contribution in [1.82, 2.24) is 20.1 Å². The fraction of sp³-hybridized carbons (Fsp3) is 0.318. The Morgan fingerprint density at radius 1 is 1.04 bits per heavy atom. The number of benzene rings is 2. The van der Waals surface area contributed by atoms with Crippen LogP contribution >= 0.6 is 11.8 Å². The number of hydrogen-bond acceptors (Lipinski definition) is 4. The summed E-state index contributed by atoms with van der Waals surface area (Å²) < 4.78 is 2.08. The zero-order valence-corrected chi connectivity index (χ0v) is 17.6. The molecule has 146 valence electrons. The number of nitrogens with one attached hydrogen (secondary N) is 1. The number of hydrogen-bond donors (Lipinski definition) is 1. The quantitative estimate of drug-likeness (QED) is 0.639. The summed E-state index contributed by atoms with van der Waals surface area (Å²) in [4.78, 5) is 11.7. The summed E-state index contributed by atoms with van der Waals surface area (Å²) in [5.41, 5.74) is 3.56. The van der Waals surface area contributed by atoms with Gasteiger partial charge in [-0.15, -0.1) is 10.2 Å². The molecule has 3 rings (SSSR count). The fourth-order valence-electron chi connectivity index (χ4n) is 2.84. The van der Waals surface area contributed by atoms with E-state index in [0.717, 1.165) is 22.1 Å². The highest BCUT2D eigenvalue weighted by Crippen LogP contribution is 2.28. The molecule has 2 aromatic carbocycles. The lowest BCUT2D eigenvalue weighted by Gasteiger charge is -2.19. The van der Waals surface area contributed by atoms with E-state index in [0.29, 0.717) is 12.3 Å². The average molecular weight is 395 g/mol. The average Bonchev–Trinajstić information content (AvgIpc) is 3.08. The van der Waals surface area contributed by atoms with E-state index in [9.17, 15) is 4.79 Å². The van der Waals surface area contributed by atoms with Crippen LogP contribution in [0.15, 0.2) is 59.8 Å². The first kappa shape index (κ1) is 20.1. The van der Waals surface area contributed by atoms with Crippen LogP contribution in [0.25, 0.3) is 11.4 Å². The normalized spacial score (nSPS) is 11.4. The standard InChI is InChI=1S/C22H26N4OS/c1-22(2,3)18-12-10-17(11-13-18)20-24-25-21(28-15-19(27)23-4)26(20)14-16-8-6-5-7-9-16/h5-13H,14-15H2,1-4H3,(H,23,27). The van der Waals surface area contributed by atoms with Gasteiger partial charge in [0.05, 0.1) is 12.3 Å². The van der Waals surface area contributed by atoms with Crippen molar-refractivity contribution in [2.24, 2.45) is 0 Å². The number of thioether (sulfide) groups is 1. The molecule has 0 aliphatic carbocycles. The summed E-state index contributed by atoms with van der Waals surface area (Å²) in [6, 6.07) is 18.7. The molecule has 1 amide bonds.